The first-order valence-electron chi connectivity index (χ1n) is 9.59. The zero-order valence-corrected chi connectivity index (χ0v) is 15.7. The number of nitrogens with zero attached hydrogens (tertiary/aromatic N) is 3. The molecule has 1 fully saturated rings. The number of hydrogen-bond acceptors (Lipinski definition) is 4. The highest BCUT2D eigenvalue weighted by Crippen LogP contribution is 2.28. The van der Waals surface area contributed by atoms with E-state index in [4.69, 9.17) is 4.74 Å². The smallest absolute Gasteiger partial charge is 0.246 e. The number of nitrogens with one attached hydrogen (secondary N) is 2. The van der Waals surface area contributed by atoms with Crippen molar-refractivity contribution in [2.24, 2.45) is 4.99 Å². The number of rotatable bonds is 2. The summed E-state index contributed by atoms with van der Waals surface area (Å²) < 4.78 is 21.2. The lowest BCUT2D eigenvalue weighted by molar-refractivity contribution is -0.133. The molecule has 0 bridgehead atoms. The minimum Gasteiger partial charge on any atom is -0.365 e. The molecule has 2 aromatic rings. The van der Waals surface area contributed by atoms with Gasteiger partial charge in [-0.1, -0.05) is 6.08 Å². The van der Waals surface area contributed by atoms with Crippen molar-refractivity contribution in [2.75, 3.05) is 13.2 Å². The van der Waals surface area contributed by atoms with Gasteiger partial charge in [0.1, 0.15) is 18.3 Å². The number of carbonyl (C=O) groups is 1. The number of ether oxygens (including phenoxy) is 1. The molecule has 1 saturated heterocycles. The molecule has 0 spiro atoms. The number of carbonyl (C=O) groups excluding carboxylic acids is 1. The van der Waals surface area contributed by atoms with Crippen molar-refractivity contribution < 1.29 is 13.9 Å². The molecule has 2 aliphatic heterocycles. The molecule has 1 unspecified atom stereocenters. The number of amides is 1. The summed E-state index contributed by atoms with van der Waals surface area (Å²) in [5, 5.41) is 4.66. The molecule has 1 atom stereocenters. The molecule has 1 aliphatic carbocycles. The molecule has 5 rings (SSSR count). The van der Waals surface area contributed by atoms with E-state index < -0.39 is 0 Å². The van der Waals surface area contributed by atoms with E-state index in [0.717, 1.165) is 33.2 Å². The lowest BCUT2D eigenvalue weighted by Crippen LogP contribution is -2.46. The fourth-order valence-electron chi connectivity index (χ4n) is 3.91. The lowest BCUT2D eigenvalue weighted by atomic mass is 10.0. The van der Waals surface area contributed by atoms with Crippen molar-refractivity contribution in [1.82, 2.24) is 19.9 Å². The Morgan fingerprint density at radius 2 is 2.24 bits per heavy atom. The van der Waals surface area contributed by atoms with E-state index in [1.165, 1.54) is 6.08 Å². The number of aliphatic imine (C=N–C) groups is 1. The first kappa shape index (κ1) is 17.8. The van der Waals surface area contributed by atoms with E-state index in [-0.39, 0.29) is 24.4 Å². The zero-order chi connectivity index (χ0) is 19.8. The van der Waals surface area contributed by atoms with Crippen LogP contribution in [0.1, 0.15) is 18.4 Å². The number of halogens is 1. The maximum absolute atomic E-state index is 13.5. The molecular weight excluding hydrogens is 373 g/mol. The third-order valence-corrected chi connectivity index (χ3v) is 5.33. The van der Waals surface area contributed by atoms with Gasteiger partial charge in [0.15, 0.2) is 0 Å². The van der Waals surface area contributed by atoms with E-state index in [9.17, 15) is 9.18 Å². The molecule has 7 nitrogen and oxygen atoms in total. The largest absolute Gasteiger partial charge is 0.365 e. The Labute approximate surface area is 166 Å². The summed E-state index contributed by atoms with van der Waals surface area (Å²) in [5.41, 5.74) is 3.11. The van der Waals surface area contributed by atoms with Crippen LogP contribution in [0.3, 0.4) is 0 Å². The number of morpholine rings is 1. The van der Waals surface area contributed by atoms with Crippen LogP contribution in [0.15, 0.2) is 47.6 Å². The van der Waals surface area contributed by atoms with Crippen molar-refractivity contribution in [1.29, 1.82) is 0 Å². The second-order valence-electron chi connectivity index (χ2n) is 7.22. The van der Waals surface area contributed by atoms with Crippen molar-refractivity contribution in [3.8, 4) is 0 Å². The van der Waals surface area contributed by atoms with E-state index in [1.807, 2.05) is 18.5 Å². The standard InChI is InChI=1S/C21H20FN5O2/c22-14-3-1-13(2-4-14)19-20(16-5-7-23-21-17(16)6-8-24-21)27(12-26-19)10-15-9-25-18(28)11-29-15/h1,3-4,6-8,12,15,24H,2,5,9-11H2,(H,25,28). The number of H-pyrrole nitrogens is 1. The molecular formula is C21H20FN5O2. The Kier molecular flexibility index (Phi) is 4.48. The van der Waals surface area contributed by atoms with Gasteiger partial charge in [-0.2, -0.15) is 0 Å². The molecule has 8 heteroatoms. The van der Waals surface area contributed by atoms with Gasteiger partial charge in [0.05, 0.1) is 29.7 Å². The van der Waals surface area contributed by atoms with Gasteiger partial charge in [0, 0.05) is 30.9 Å². The molecule has 0 aromatic carbocycles. The maximum Gasteiger partial charge on any atom is 0.246 e. The quantitative estimate of drug-likeness (QED) is 0.798. The Balaban J connectivity index is 1.67. The predicted octanol–water partition coefficient (Wildman–Crippen LogP) is 0.995. The SMILES string of the molecule is O=C1COC(Cn2cnc(=C3C=CC(F)=CC3)c2=C2CC=Nc3[nH]ccc32)CN1. The van der Waals surface area contributed by atoms with Crippen LogP contribution in [0.4, 0.5) is 10.2 Å². The van der Waals surface area contributed by atoms with Gasteiger partial charge >= 0.3 is 0 Å². The van der Waals surface area contributed by atoms with E-state index in [2.05, 4.69) is 24.8 Å². The number of hydrogen-bond donors (Lipinski definition) is 2. The van der Waals surface area contributed by atoms with Gasteiger partial charge in [-0.25, -0.2) is 14.4 Å². The third-order valence-electron chi connectivity index (χ3n) is 5.33. The zero-order valence-electron chi connectivity index (χ0n) is 15.7. The number of imidazole rings is 1. The molecule has 0 saturated carbocycles. The summed E-state index contributed by atoms with van der Waals surface area (Å²) in [7, 11) is 0. The van der Waals surface area contributed by atoms with Crippen LogP contribution in [-0.2, 0) is 16.1 Å². The van der Waals surface area contributed by atoms with Gasteiger partial charge in [-0.3, -0.25) is 4.79 Å². The predicted molar refractivity (Wildman–Crippen MR) is 107 cm³/mol. The second-order valence-corrected chi connectivity index (χ2v) is 7.22. The summed E-state index contributed by atoms with van der Waals surface area (Å²) in [5.74, 6) is 0.493. The molecule has 4 heterocycles. The van der Waals surface area contributed by atoms with E-state index in [1.54, 1.807) is 18.5 Å². The van der Waals surface area contributed by atoms with Gasteiger partial charge in [0.25, 0.3) is 0 Å². The second kappa shape index (κ2) is 7.29. The fraction of sp³-hybridized carbons (Fsp3) is 0.286. The minimum absolute atomic E-state index is 0.0664. The average Bonchev–Trinajstić information content (AvgIpc) is 3.37. The maximum atomic E-state index is 13.5. The minimum atomic E-state index is -0.230. The number of fused-ring (bicyclic) bond motifs is 1. The van der Waals surface area contributed by atoms with Crippen LogP contribution in [0.25, 0.3) is 11.1 Å². The summed E-state index contributed by atoms with van der Waals surface area (Å²) in [6.07, 6.45) is 11.4. The van der Waals surface area contributed by atoms with Crippen LogP contribution in [-0.4, -0.2) is 45.9 Å². The Bertz CT molecular complexity index is 1170. The third kappa shape index (κ3) is 3.36. The molecule has 1 amide bonds. The van der Waals surface area contributed by atoms with Crippen LogP contribution < -0.4 is 16.0 Å². The van der Waals surface area contributed by atoms with Crippen molar-refractivity contribution in [2.45, 2.75) is 25.5 Å². The summed E-state index contributed by atoms with van der Waals surface area (Å²) in [6.45, 7) is 1.09. The molecule has 3 aliphatic rings. The first-order valence-corrected chi connectivity index (χ1v) is 9.59. The molecule has 2 aromatic heterocycles. The normalized spacial score (nSPS) is 24.9. The summed E-state index contributed by atoms with van der Waals surface area (Å²) >= 11 is 0. The van der Waals surface area contributed by atoms with Gasteiger partial charge in [0.2, 0.25) is 5.91 Å². The van der Waals surface area contributed by atoms with Crippen molar-refractivity contribution in [3.05, 3.63) is 58.9 Å². The first-order chi connectivity index (χ1) is 14.2. The molecule has 148 valence electrons. The van der Waals surface area contributed by atoms with Gasteiger partial charge in [-0.05, 0) is 35.8 Å². The van der Waals surface area contributed by atoms with Crippen molar-refractivity contribution >= 4 is 29.1 Å². The highest BCUT2D eigenvalue weighted by Gasteiger charge is 2.21. The Hall–Kier alpha value is -3.26. The van der Waals surface area contributed by atoms with Gasteiger partial charge < -0.3 is 19.6 Å². The van der Waals surface area contributed by atoms with Crippen LogP contribution >= 0.6 is 0 Å². The molecule has 0 radical (unpaired) electrons. The average molecular weight is 393 g/mol. The highest BCUT2D eigenvalue weighted by atomic mass is 19.1. The van der Waals surface area contributed by atoms with Crippen LogP contribution in [0.5, 0.6) is 0 Å². The topological polar surface area (TPSA) is 84.3 Å². The van der Waals surface area contributed by atoms with Gasteiger partial charge in [-0.15, -0.1) is 0 Å². The van der Waals surface area contributed by atoms with Crippen LogP contribution in [0, 0.1) is 0 Å². The molecule has 2 N–H and O–H groups in total. The van der Waals surface area contributed by atoms with Crippen LogP contribution in [0.2, 0.25) is 0 Å². The Morgan fingerprint density at radius 3 is 3.03 bits per heavy atom. The lowest BCUT2D eigenvalue weighted by Gasteiger charge is -2.23. The van der Waals surface area contributed by atoms with Crippen molar-refractivity contribution in [3.63, 3.8) is 0 Å². The number of aromatic nitrogens is 3. The summed E-state index contributed by atoms with van der Waals surface area (Å²) in [6, 6.07) is 2.01. The fourth-order valence-corrected chi connectivity index (χ4v) is 3.91. The molecule has 29 heavy (non-hydrogen) atoms. The number of allylic oxidation sites excluding steroid dienone is 4. The number of aromatic amines is 1. The Morgan fingerprint density at radius 1 is 1.31 bits per heavy atom. The van der Waals surface area contributed by atoms with E-state index >= 15 is 0 Å². The van der Waals surface area contributed by atoms with E-state index in [0.29, 0.717) is 25.9 Å². The summed E-state index contributed by atoms with van der Waals surface area (Å²) in [4.78, 5) is 23.7. The highest BCUT2D eigenvalue weighted by molar-refractivity contribution is 5.88. The monoisotopic (exact) mass is 393 g/mol.